The highest BCUT2D eigenvalue weighted by atomic mass is 35.5. The predicted molar refractivity (Wildman–Crippen MR) is 112 cm³/mol. The number of nitrogens with zero attached hydrogens (tertiary/aromatic N) is 1. The van der Waals surface area contributed by atoms with Crippen molar-refractivity contribution in [3.63, 3.8) is 0 Å². The number of alkyl halides is 2. The molecule has 0 radical (unpaired) electrons. The molecule has 1 spiro atoms. The van der Waals surface area contributed by atoms with Gasteiger partial charge in [0.2, 0.25) is 0 Å². The Morgan fingerprint density at radius 3 is 2.69 bits per heavy atom. The molecule has 3 heterocycles. The van der Waals surface area contributed by atoms with Gasteiger partial charge >= 0.3 is 11.9 Å². The van der Waals surface area contributed by atoms with Crippen molar-refractivity contribution in [3.8, 4) is 0 Å². The Balaban J connectivity index is 2.05. The van der Waals surface area contributed by atoms with Crippen molar-refractivity contribution in [2.75, 3.05) is 25.6 Å². The second kappa shape index (κ2) is 7.40. The molecule has 4 unspecified atom stereocenters. The van der Waals surface area contributed by atoms with E-state index in [0.717, 1.165) is 7.11 Å². The molecular formula is C21H20Cl2F2N2O5. The van der Waals surface area contributed by atoms with Gasteiger partial charge in [-0.05, 0) is 19.1 Å². The van der Waals surface area contributed by atoms with E-state index in [9.17, 15) is 23.2 Å². The molecule has 0 aliphatic carbocycles. The van der Waals surface area contributed by atoms with Gasteiger partial charge in [-0.25, -0.2) is 8.78 Å². The largest absolute Gasteiger partial charge is 0.469 e. The number of halogens is 4. The van der Waals surface area contributed by atoms with Crippen molar-refractivity contribution in [2.24, 2.45) is 11.3 Å². The molecule has 4 rings (SSSR count). The van der Waals surface area contributed by atoms with Gasteiger partial charge in [-0.1, -0.05) is 35.9 Å². The molecule has 1 aromatic rings. The summed E-state index contributed by atoms with van der Waals surface area (Å²) in [5.41, 5.74) is -3.67. The van der Waals surface area contributed by atoms with Crippen LogP contribution in [0.3, 0.4) is 0 Å². The Kier molecular flexibility index (Phi) is 5.30. The lowest BCUT2D eigenvalue weighted by atomic mass is 9.62. The second-order valence-corrected chi connectivity index (χ2v) is 9.16. The molecule has 1 amide bonds. The molecule has 7 nitrogen and oxygen atoms in total. The van der Waals surface area contributed by atoms with Crippen LogP contribution in [-0.4, -0.2) is 55.0 Å². The number of methoxy groups -OCH3 is 1. The first-order chi connectivity index (χ1) is 15.0. The molecule has 32 heavy (non-hydrogen) atoms. The molecule has 172 valence electrons. The summed E-state index contributed by atoms with van der Waals surface area (Å²) in [6, 6.07) is 1.60. The van der Waals surface area contributed by atoms with Crippen LogP contribution in [0.15, 0.2) is 24.8 Å². The minimum Gasteiger partial charge on any atom is -0.469 e. The number of anilines is 1. The highest BCUT2D eigenvalue weighted by molar-refractivity contribution is 6.38. The van der Waals surface area contributed by atoms with Crippen LogP contribution in [0, 0.1) is 11.3 Å². The maximum atomic E-state index is 14.7. The zero-order valence-electron chi connectivity index (χ0n) is 17.2. The first-order valence-corrected chi connectivity index (χ1v) is 10.5. The monoisotopic (exact) mass is 488 g/mol. The van der Waals surface area contributed by atoms with Crippen LogP contribution >= 0.6 is 23.2 Å². The van der Waals surface area contributed by atoms with E-state index in [-0.39, 0.29) is 27.9 Å². The average molecular weight is 489 g/mol. The summed E-state index contributed by atoms with van der Waals surface area (Å²) < 4.78 is 39.6. The number of carbonyl (C=O) groups excluding carboxylic acids is 3. The van der Waals surface area contributed by atoms with Crippen LogP contribution in [0.2, 0.25) is 10.0 Å². The zero-order chi connectivity index (χ0) is 23.6. The van der Waals surface area contributed by atoms with Crippen molar-refractivity contribution in [1.29, 1.82) is 0 Å². The normalized spacial score (nSPS) is 32.4. The Morgan fingerprint density at radius 1 is 1.38 bits per heavy atom. The lowest BCUT2D eigenvalue weighted by Crippen LogP contribution is -2.60. The van der Waals surface area contributed by atoms with Crippen molar-refractivity contribution >= 4 is 46.7 Å². The van der Waals surface area contributed by atoms with Gasteiger partial charge in [0, 0.05) is 23.0 Å². The van der Waals surface area contributed by atoms with Gasteiger partial charge in [0.05, 0.1) is 30.3 Å². The van der Waals surface area contributed by atoms with Crippen molar-refractivity contribution in [3.05, 3.63) is 40.4 Å². The maximum Gasteiger partial charge on any atom is 0.315 e. The molecule has 11 heteroatoms. The van der Waals surface area contributed by atoms with E-state index < -0.39 is 59.6 Å². The Bertz CT molecular complexity index is 1050. The van der Waals surface area contributed by atoms with E-state index in [1.54, 1.807) is 0 Å². The van der Waals surface area contributed by atoms with Crippen LogP contribution in [0.1, 0.15) is 18.9 Å². The van der Waals surface area contributed by atoms with Crippen molar-refractivity contribution < 1.29 is 32.6 Å². The van der Waals surface area contributed by atoms with Gasteiger partial charge in [-0.3, -0.25) is 19.3 Å². The summed E-state index contributed by atoms with van der Waals surface area (Å²) in [5.74, 6) is -7.24. The topological polar surface area (TPSA) is 84.9 Å². The number of hydrogen-bond acceptors (Lipinski definition) is 6. The van der Waals surface area contributed by atoms with E-state index in [1.165, 1.54) is 30.0 Å². The van der Waals surface area contributed by atoms with E-state index in [1.807, 2.05) is 0 Å². The molecule has 0 aromatic heterocycles. The Hall–Kier alpha value is -2.23. The maximum absolute atomic E-state index is 14.7. The standard InChI is InChI=1S/C21H20Cl2F2N2O5/c1-4-5-32-16(28)14-13-8-20(24,25)9-27(13)21(19(14,2)18(30)31-3)11-6-10(22)7-12(23)15(11)26-17(21)29/h4,6-7,13-14H,1,5,8-9H2,2-3H3,(H,26,29). The molecule has 2 fully saturated rings. The molecule has 2 saturated heterocycles. The summed E-state index contributed by atoms with van der Waals surface area (Å²) in [7, 11) is 1.10. The number of carbonyl (C=O) groups is 3. The lowest BCUT2D eigenvalue weighted by molar-refractivity contribution is -0.172. The van der Waals surface area contributed by atoms with Crippen LogP contribution in [0.4, 0.5) is 14.5 Å². The molecule has 3 aliphatic heterocycles. The molecule has 1 aromatic carbocycles. The summed E-state index contributed by atoms with van der Waals surface area (Å²) in [6.45, 7) is 3.79. The second-order valence-electron chi connectivity index (χ2n) is 8.32. The third-order valence-electron chi connectivity index (χ3n) is 6.72. The van der Waals surface area contributed by atoms with Crippen LogP contribution in [0.25, 0.3) is 0 Å². The third-order valence-corrected chi connectivity index (χ3v) is 7.23. The fourth-order valence-electron chi connectivity index (χ4n) is 5.64. The summed E-state index contributed by atoms with van der Waals surface area (Å²) in [5, 5.41) is 2.82. The van der Waals surface area contributed by atoms with Gasteiger partial charge in [-0.2, -0.15) is 0 Å². The number of ether oxygens (including phenoxy) is 2. The van der Waals surface area contributed by atoms with Crippen LogP contribution in [-0.2, 0) is 29.4 Å². The van der Waals surface area contributed by atoms with Gasteiger partial charge in [0.15, 0.2) is 0 Å². The number of nitrogens with one attached hydrogen (secondary N) is 1. The molecule has 4 atom stereocenters. The summed E-state index contributed by atoms with van der Waals surface area (Å²) in [6.07, 6.45) is 0.572. The fraction of sp³-hybridized carbons (Fsp3) is 0.476. The smallest absolute Gasteiger partial charge is 0.315 e. The number of amides is 1. The van der Waals surface area contributed by atoms with E-state index in [0.29, 0.717) is 0 Å². The number of fused-ring (bicyclic) bond motifs is 4. The van der Waals surface area contributed by atoms with E-state index in [4.69, 9.17) is 32.7 Å². The highest BCUT2D eigenvalue weighted by Crippen LogP contribution is 2.66. The lowest BCUT2D eigenvalue weighted by Gasteiger charge is -2.42. The van der Waals surface area contributed by atoms with Crippen molar-refractivity contribution in [1.82, 2.24) is 4.90 Å². The fourth-order valence-corrected chi connectivity index (χ4v) is 6.18. The summed E-state index contributed by atoms with van der Waals surface area (Å²) >= 11 is 12.5. The minimum absolute atomic E-state index is 0.0742. The Labute approximate surface area is 192 Å². The molecular weight excluding hydrogens is 469 g/mol. The number of rotatable bonds is 4. The molecule has 0 saturated carbocycles. The minimum atomic E-state index is -3.21. The SMILES string of the molecule is C=CCOC(=O)C1C2CC(F)(F)CN2C2(C(=O)Nc3c(Cl)cc(Cl)cc32)C1(C)C(=O)OC. The quantitative estimate of drug-likeness (QED) is 0.516. The third kappa shape index (κ3) is 2.77. The van der Waals surface area contributed by atoms with Crippen molar-refractivity contribution in [2.45, 2.75) is 30.8 Å². The average Bonchev–Trinajstić information content (AvgIpc) is 3.25. The van der Waals surface area contributed by atoms with E-state index >= 15 is 0 Å². The molecule has 0 bridgehead atoms. The first kappa shape index (κ1) is 22.9. The predicted octanol–water partition coefficient (Wildman–Crippen LogP) is 3.39. The number of hydrogen-bond donors (Lipinski definition) is 1. The highest BCUT2D eigenvalue weighted by Gasteiger charge is 2.80. The van der Waals surface area contributed by atoms with Gasteiger partial charge in [0.1, 0.15) is 17.6 Å². The number of esters is 2. The number of benzene rings is 1. The van der Waals surface area contributed by atoms with E-state index in [2.05, 4.69) is 11.9 Å². The Morgan fingerprint density at radius 2 is 2.06 bits per heavy atom. The van der Waals surface area contributed by atoms with Crippen LogP contribution < -0.4 is 5.32 Å². The first-order valence-electron chi connectivity index (χ1n) is 9.77. The van der Waals surface area contributed by atoms with Gasteiger partial charge in [0.25, 0.3) is 11.8 Å². The van der Waals surface area contributed by atoms with Gasteiger partial charge < -0.3 is 14.8 Å². The van der Waals surface area contributed by atoms with Crippen LogP contribution in [0.5, 0.6) is 0 Å². The zero-order valence-corrected chi connectivity index (χ0v) is 18.7. The molecule has 3 aliphatic rings. The summed E-state index contributed by atoms with van der Waals surface area (Å²) in [4.78, 5) is 41.3. The van der Waals surface area contributed by atoms with Gasteiger partial charge in [-0.15, -0.1) is 0 Å². The molecule has 1 N–H and O–H groups in total.